The predicted octanol–water partition coefficient (Wildman–Crippen LogP) is 1.86. The number of carbonyl (C=O) groups is 2. The number of esters is 2. The number of ether oxygens (including phenoxy) is 4. The van der Waals surface area contributed by atoms with Crippen molar-refractivity contribution in [3.8, 4) is 23.0 Å². The van der Waals surface area contributed by atoms with Crippen LogP contribution < -0.4 is 0 Å². The molecule has 4 N–H and O–H groups in total. The van der Waals surface area contributed by atoms with Crippen molar-refractivity contribution < 1.29 is 49.0 Å². The zero-order valence-electron chi connectivity index (χ0n) is 17.7. The summed E-state index contributed by atoms with van der Waals surface area (Å²) in [5.41, 5.74) is 0.986. The third kappa shape index (κ3) is 5.30. The van der Waals surface area contributed by atoms with Gasteiger partial charge < -0.3 is 39.4 Å². The van der Waals surface area contributed by atoms with Crippen LogP contribution in [0.2, 0.25) is 0 Å². The highest BCUT2D eigenvalue weighted by Crippen LogP contribution is 2.31. The molecular weight excluding hydrogens is 448 g/mol. The first-order chi connectivity index (χ1) is 16.3. The Balaban J connectivity index is 1.28. The Morgan fingerprint density at radius 1 is 0.706 bits per heavy atom. The average molecular weight is 470 g/mol. The summed E-state index contributed by atoms with van der Waals surface area (Å²) in [5.74, 6) is -2.44. The molecule has 2 aromatic rings. The maximum absolute atomic E-state index is 12.2. The van der Waals surface area contributed by atoms with Crippen LogP contribution in [-0.2, 0) is 28.5 Å². The van der Waals surface area contributed by atoms with E-state index in [4.69, 9.17) is 18.9 Å². The molecule has 10 heteroatoms. The average Bonchev–Trinajstić information content (AvgIpc) is 3.39. The molecule has 0 aliphatic carbocycles. The molecule has 34 heavy (non-hydrogen) atoms. The quantitative estimate of drug-likeness (QED) is 0.280. The predicted molar refractivity (Wildman–Crippen MR) is 117 cm³/mol. The fourth-order valence-corrected chi connectivity index (χ4v) is 3.62. The highest BCUT2D eigenvalue weighted by atomic mass is 16.7. The molecular formula is C24H22O10. The molecule has 0 spiro atoms. The van der Waals surface area contributed by atoms with E-state index in [2.05, 4.69) is 0 Å². The van der Waals surface area contributed by atoms with Gasteiger partial charge in [0, 0.05) is 12.2 Å². The van der Waals surface area contributed by atoms with Crippen molar-refractivity contribution in [3.05, 3.63) is 59.7 Å². The number of carbonyl (C=O) groups excluding carboxylic acids is 2. The summed E-state index contributed by atoms with van der Waals surface area (Å²) in [5, 5.41) is 37.7. The zero-order chi connectivity index (χ0) is 24.2. The molecule has 0 bridgehead atoms. The lowest BCUT2D eigenvalue weighted by atomic mass is 10.1. The summed E-state index contributed by atoms with van der Waals surface area (Å²) in [6, 6.07) is 8.23. The van der Waals surface area contributed by atoms with Crippen molar-refractivity contribution in [2.75, 3.05) is 13.2 Å². The van der Waals surface area contributed by atoms with Crippen LogP contribution in [0.4, 0.5) is 0 Å². The molecule has 0 radical (unpaired) electrons. The molecule has 0 unspecified atom stereocenters. The molecule has 2 saturated heterocycles. The lowest BCUT2D eigenvalue weighted by Gasteiger charge is -2.16. The van der Waals surface area contributed by atoms with Gasteiger partial charge >= 0.3 is 11.9 Å². The van der Waals surface area contributed by atoms with Gasteiger partial charge in [-0.25, -0.2) is 9.59 Å². The van der Waals surface area contributed by atoms with E-state index in [9.17, 15) is 30.0 Å². The maximum Gasteiger partial charge on any atom is 0.331 e. The van der Waals surface area contributed by atoms with Crippen LogP contribution in [0.1, 0.15) is 11.1 Å². The number of benzene rings is 2. The first kappa shape index (κ1) is 23.1. The van der Waals surface area contributed by atoms with Crippen LogP contribution in [0.15, 0.2) is 48.6 Å². The van der Waals surface area contributed by atoms with Crippen molar-refractivity contribution in [2.24, 2.45) is 0 Å². The largest absolute Gasteiger partial charge is 0.504 e. The Hall–Kier alpha value is -4.02. The van der Waals surface area contributed by atoms with E-state index in [1.165, 1.54) is 60.7 Å². The van der Waals surface area contributed by atoms with Crippen LogP contribution in [0, 0.1) is 0 Å². The first-order valence-electron chi connectivity index (χ1n) is 10.3. The van der Waals surface area contributed by atoms with E-state index in [0.717, 1.165) is 0 Å². The molecule has 2 aliphatic heterocycles. The minimum Gasteiger partial charge on any atom is -0.504 e. The van der Waals surface area contributed by atoms with Gasteiger partial charge in [-0.3, -0.25) is 0 Å². The lowest BCUT2D eigenvalue weighted by molar-refractivity contribution is -0.149. The second kappa shape index (κ2) is 9.86. The van der Waals surface area contributed by atoms with Crippen LogP contribution in [-0.4, -0.2) is 70.0 Å². The number of rotatable bonds is 6. The van der Waals surface area contributed by atoms with Gasteiger partial charge in [-0.2, -0.15) is 0 Å². The van der Waals surface area contributed by atoms with E-state index in [0.29, 0.717) is 11.1 Å². The molecule has 2 fully saturated rings. The Bertz CT molecular complexity index is 1050. The number of aromatic hydroxyl groups is 4. The molecule has 2 aromatic carbocycles. The van der Waals surface area contributed by atoms with Gasteiger partial charge in [-0.05, 0) is 47.5 Å². The molecule has 0 saturated carbocycles. The fraction of sp³-hybridized carbons (Fsp3) is 0.250. The molecule has 2 aliphatic rings. The minimum atomic E-state index is -0.686. The molecule has 0 aromatic heterocycles. The molecule has 2 heterocycles. The number of phenols is 4. The van der Waals surface area contributed by atoms with Gasteiger partial charge in [0.25, 0.3) is 0 Å². The van der Waals surface area contributed by atoms with Gasteiger partial charge in [0.2, 0.25) is 0 Å². The molecule has 4 atom stereocenters. The summed E-state index contributed by atoms with van der Waals surface area (Å²) in [7, 11) is 0. The van der Waals surface area contributed by atoms with Gasteiger partial charge in [-0.1, -0.05) is 12.1 Å². The SMILES string of the molecule is O=C(/C=C/c1ccc(O)c(O)c1)O[C@H]1CO[C@H]2[C@@H]1OC[C@H]2OC(=O)/C=C/c1ccc(O)c(O)c1. The minimum absolute atomic E-state index is 0.0750. The first-order valence-corrected chi connectivity index (χ1v) is 10.3. The number of hydrogen-bond acceptors (Lipinski definition) is 10. The van der Waals surface area contributed by atoms with Gasteiger partial charge in [0.1, 0.15) is 12.2 Å². The molecule has 0 amide bonds. The van der Waals surface area contributed by atoms with E-state index >= 15 is 0 Å². The second-order valence-electron chi connectivity index (χ2n) is 7.71. The lowest BCUT2D eigenvalue weighted by Crippen LogP contribution is -2.35. The van der Waals surface area contributed by atoms with Crippen LogP contribution in [0.5, 0.6) is 23.0 Å². The second-order valence-corrected chi connectivity index (χ2v) is 7.71. The third-order valence-electron chi connectivity index (χ3n) is 5.32. The van der Waals surface area contributed by atoms with E-state index < -0.39 is 36.4 Å². The van der Waals surface area contributed by atoms with Crippen molar-refractivity contribution in [1.82, 2.24) is 0 Å². The van der Waals surface area contributed by atoms with Gasteiger partial charge in [-0.15, -0.1) is 0 Å². The summed E-state index contributed by atoms with van der Waals surface area (Å²) in [4.78, 5) is 24.4. The molecule has 4 rings (SSSR count). The van der Waals surface area contributed by atoms with Crippen molar-refractivity contribution in [1.29, 1.82) is 0 Å². The van der Waals surface area contributed by atoms with Gasteiger partial charge in [0.05, 0.1) is 13.2 Å². The summed E-state index contributed by atoms with van der Waals surface area (Å²) in [6.45, 7) is 0.150. The monoisotopic (exact) mass is 470 g/mol. The standard InChI is InChI=1S/C24H22O10/c25-15-5-1-13(9-17(15)27)3-7-21(29)33-19-11-31-24-20(12-32-23(19)24)34-22(30)8-4-14-2-6-16(26)18(28)10-14/h1-10,19-20,23-28H,11-12H2/b7-3+,8-4+/t19-,20+,23-,24-/m1/s1. The Kier molecular flexibility index (Phi) is 6.71. The fourth-order valence-electron chi connectivity index (χ4n) is 3.62. The normalized spacial score (nSPS) is 23.9. The highest BCUT2D eigenvalue weighted by molar-refractivity contribution is 5.88. The van der Waals surface area contributed by atoms with Gasteiger partial charge in [0.15, 0.2) is 35.2 Å². The van der Waals surface area contributed by atoms with Crippen LogP contribution >= 0.6 is 0 Å². The third-order valence-corrected chi connectivity index (χ3v) is 5.32. The zero-order valence-corrected chi connectivity index (χ0v) is 17.7. The highest BCUT2D eigenvalue weighted by Gasteiger charge is 2.51. The number of phenolic OH excluding ortho intramolecular Hbond substituents is 4. The Morgan fingerprint density at radius 3 is 1.50 bits per heavy atom. The topological polar surface area (TPSA) is 152 Å². The summed E-state index contributed by atoms with van der Waals surface area (Å²) in [6.07, 6.45) is 2.65. The van der Waals surface area contributed by atoms with Crippen LogP contribution in [0.3, 0.4) is 0 Å². The maximum atomic E-state index is 12.2. The van der Waals surface area contributed by atoms with Crippen molar-refractivity contribution in [2.45, 2.75) is 24.4 Å². The van der Waals surface area contributed by atoms with E-state index in [-0.39, 0.29) is 36.2 Å². The Morgan fingerprint density at radius 2 is 1.12 bits per heavy atom. The summed E-state index contributed by atoms with van der Waals surface area (Å²) >= 11 is 0. The number of fused-ring (bicyclic) bond motifs is 1. The Labute approximate surface area is 193 Å². The van der Waals surface area contributed by atoms with Crippen molar-refractivity contribution in [3.63, 3.8) is 0 Å². The molecule has 10 nitrogen and oxygen atoms in total. The summed E-state index contributed by atoms with van der Waals surface area (Å²) < 4.78 is 22.1. The van der Waals surface area contributed by atoms with E-state index in [1.54, 1.807) is 0 Å². The van der Waals surface area contributed by atoms with Crippen molar-refractivity contribution >= 4 is 24.1 Å². The van der Waals surface area contributed by atoms with E-state index in [1.807, 2.05) is 0 Å². The smallest absolute Gasteiger partial charge is 0.331 e. The number of hydrogen-bond donors (Lipinski definition) is 4. The molecule has 178 valence electrons. The van der Waals surface area contributed by atoms with Crippen LogP contribution in [0.25, 0.3) is 12.2 Å².